The molecule has 0 bridgehead atoms. The molecule has 3 aromatic carbocycles. The fraction of sp³-hybridized carbons (Fsp3) is 0.222. The van der Waals surface area contributed by atoms with E-state index in [9.17, 15) is 4.79 Å². The Bertz CT molecular complexity index is 1150. The zero-order valence-electron chi connectivity index (χ0n) is 17.8. The van der Waals surface area contributed by atoms with E-state index in [1.165, 1.54) is 16.7 Å². The Balaban J connectivity index is 1.91. The SMILES string of the molecule is CC(C)(C)OC(=O)n1c(Cc2ccccc2)c(Cc2ccccc2)c2ccccc21. The molecular weight excluding hydrogens is 370 g/mol. The van der Waals surface area contributed by atoms with Gasteiger partial charge in [-0.05, 0) is 49.9 Å². The highest BCUT2D eigenvalue weighted by Crippen LogP contribution is 2.31. The van der Waals surface area contributed by atoms with E-state index in [0.29, 0.717) is 6.42 Å². The van der Waals surface area contributed by atoms with Gasteiger partial charge in [0, 0.05) is 17.5 Å². The third-order valence-corrected chi connectivity index (χ3v) is 5.10. The van der Waals surface area contributed by atoms with Crippen LogP contribution in [0.15, 0.2) is 84.9 Å². The second-order valence-corrected chi connectivity index (χ2v) is 8.58. The summed E-state index contributed by atoms with van der Waals surface area (Å²) >= 11 is 0. The Morgan fingerprint density at radius 3 is 1.90 bits per heavy atom. The van der Waals surface area contributed by atoms with Gasteiger partial charge in [0.15, 0.2) is 0 Å². The van der Waals surface area contributed by atoms with Crippen molar-refractivity contribution >= 4 is 17.0 Å². The number of ether oxygens (including phenoxy) is 1. The van der Waals surface area contributed by atoms with Gasteiger partial charge in [0.25, 0.3) is 0 Å². The molecule has 0 saturated heterocycles. The number of nitrogens with zero attached hydrogens (tertiary/aromatic N) is 1. The lowest BCUT2D eigenvalue weighted by Gasteiger charge is -2.21. The number of rotatable bonds is 4. The van der Waals surface area contributed by atoms with Crippen molar-refractivity contribution in [2.45, 2.75) is 39.2 Å². The minimum absolute atomic E-state index is 0.330. The number of fused-ring (bicyclic) bond motifs is 1. The van der Waals surface area contributed by atoms with Crippen molar-refractivity contribution in [1.29, 1.82) is 0 Å². The fourth-order valence-electron chi connectivity index (χ4n) is 3.85. The van der Waals surface area contributed by atoms with E-state index in [4.69, 9.17) is 4.74 Å². The second kappa shape index (κ2) is 8.19. The van der Waals surface area contributed by atoms with E-state index in [1.54, 1.807) is 4.57 Å². The van der Waals surface area contributed by atoms with Crippen LogP contribution in [-0.4, -0.2) is 16.3 Å². The number of carbonyl (C=O) groups is 1. The molecule has 1 heterocycles. The van der Waals surface area contributed by atoms with Crippen molar-refractivity contribution in [3.63, 3.8) is 0 Å². The van der Waals surface area contributed by atoms with E-state index in [2.05, 4.69) is 42.5 Å². The maximum Gasteiger partial charge on any atom is 0.419 e. The molecule has 3 nitrogen and oxygen atoms in total. The lowest BCUT2D eigenvalue weighted by Crippen LogP contribution is -2.28. The number of carbonyl (C=O) groups excluding carboxylic acids is 1. The summed E-state index contributed by atoms with van der Waals surface area (Å²) in [6, 6.07) is 28.8. The van der Waals surface area contributed by atoms with Crippen LogP contribution in [0.3, 0.4) is 0 Å². The van der Waals surface area contributed by atoms with Crippen LogP contribution < -0.4 is 0 Å². The summed E-state index contributed by atoms with van der Waals surface area (Å²) in [5, 5.41) is 1.10. The molecular formula is C27H27NO2. The molecule has 0 aliphatic heterocycles. The number of hydrogen-bond donors (Lipinski definition) is 0. The lowest BCUT2D eigenvalue weighted by atomic mass is 9.98. The van der Waals surface area contributed by atoms with Crippen LogP contribution in [-0.2, 0) is 17.6 Å². The summed E-state index contributed by atoms with van der Waals surface area (Å²) in [4.78, 5) is 13.3. The summed E-state index contributed by atoms with van der Waals surface area (Å²) < 4.78 is 7.57. The molecule has 3 heteroatoms. The van der Waals surface area contributed by atoms with Crippen LogP contribution in [0.4, 0.5) is 4.79 Å². The minimum atomic E-state index is -0.563. The van der Waals surface area contributed by atoms with Gasteiger partial charge in [-0.15, -0.1) is 0 Å². The van der Waals surface area contributed by atoms with Crippen LogP contribution in [0, 0.1) is 0 Å². The normalized spacial score (nSPS) is 11.6. The molecule has 0 aliphatic rings. The van der Waals surface area contributed by atoms with Crippen molar-refractivity contribution < 1.29 is 9.53 Å². The number of benzene rings is 3. The molecule has 0 radical (unpaired) electrons. The molecule has 0 aliphatic carbocycles. The summed E-state index contributed by atoms with van der Waals surface area (Å²) in [5.74, 6) is 0. The zero-order valence-corrected chi connectivity index (χ0v) is 17.8. The third-order valence-electron chi connectivity index (χ3n) is 5.10. The third kappa shape index (κ3) is 4.30. The minimum Gasteiger partial charge on any atom is -0.443 e. The molecule has 0 spiro atoms. The monoisotopic (exact) mass is 397 g/mol. The molecule has 0 saturated carbocycles. The van der Waals surface area contributed by atoms with Gasteiger partial charge in [0.2, 0.25) is 0 Å². The first-order valence-corrected chi connectivity index (χ1v) is 10.3. The van der Waals surface area contributed by atoms with Crippen molar-refractivity contribution in [3.05, 3.63) is 107 Å². The average molecular weight is 398 g/mol. The van der Waals surface area contributed by atoms with Gasteiger partial charge in [-0.1, -0.05) is 78.9 Å². The first-order valence-electron chi connectivity index (χ1n) is 10.3. The van der Waals surface area contributed by atoms with Crippen molar-refractivity contribution in [1.82, 2.24) is 4.57 Å². The van der Waals surface area contributed by atoms with Crippen LogP contribution >= 0.6 is 0 Å². The number of aromatic nitrogens is 1. The summed E-state index contributed by atoms with van der Waals surface area (Å²) in [6.07, 6.45) is 1.10. The predicted molar refractivity (Wildman–Crippen MR) is 122 cm³/mol. The van der Waals surface area contributed by atoms with E-state index < -0.39 is 5.60 Å². The molecule has 152 valence electrons. The smallest absolute Gasteiger partial charge is 0.419 e. The molecule has 0 unspecified atom stereocenters. The molecule has 4 aromatic rings. The highest BCUT2D eigenvalue weighted by Gasteiger charge is 2.25. The van der Waals surface area contributed by atoms with E-state index in [-0.39, 0.29) is 6.09 Å². The first kappa shape index (κ1) is 20.0. The number of para-hydroxylation sites is 1. The molecule has 1 aromatic heterocycles. The summed E-state index contributed by atoms with van der Waals surface area (Å²) in [5.41, 5.74) is 4.88. The maximum absolute atomic E-state index is 13.3. The molecule has 30 heavy (non-hydrogen) atoms. The zero-order chi connectivity index (χ0) is 21.1. The second-order valence-electron chi connectivity index (χ2n) is 8.58. The molecule has 0 amide bonds. The van der Waals surface area contributed by atoms with Crippen molar-refractivity contribution in [3.8, 4) is 0 Å². The Kier molecular flexibility index (Phi) is 5.45. The fourth-order valence-corrected chi connectivity index (χ4v) is 3.85. The van der Waals surface area contributed by atoms with Gasteiger partial charge in [-0.2, -0.15) is 0 Å². The first-order chi connectivity index (χ1) is 14.4. The van der Waals surface area contributed by atoms with Crippen LogP contribution in [0.5, 0.6) is 0 Å². The summed E-state index contributed by atoms with van der Waals surface area (Å²) in [6.45, 7) is 5.70. The Hall–Kier alpha value is -3.33. The Labute approximate surface area is 177 Å². The van der Waals surface area contributed by atoms with Gasteiger partial charge in [0.05, 0.1) is 5.52 Å². The topological polar surface area (TPSA) is 31.2 Å². The van der Waals surface area contributed by atoms with E-state index >= 15 is 0 Å². The van der Waals surface area contributed by atoms with Crippen molar-refractivity contribution in [2.24, 2.45) is 0 Å². The van der Waals surface area contributed by atoms with E-state index in [1.807, 2.05) is 63.2 Å². The highest BCUT2D eigenvalue weighted by molar-refractivity contribution is 5.94. The van der Waals surface area contributed by atoms with Gasteiger partial charge in [0.1, 0.15) is 5.60 Å². The quantitative estimate of drug-likeness (QED) is 0.388. The van der Waals surface area contributed by atoms with Crippen LogP contribution in [0.25, 0.3) is 10.9 Å². The standard InChI is InChI=1S/C27H27NO2/c1-27(2,3)30-26(29)28-24-17-11-10-16-22(24)23(18-20-12-6-4-7-13-20)25(28)19-21-14-8-5-9-15-21/h4-17H,18-19H2,1-3H3. The van der Waals surface area contributed by atoms with Crippen molar-refractivity contribution in [2.75, 3.05) is 0 Å². The van der Waals surface area contributed by atoms with Gasteiger partial charge in [-0.25, -0.2) is 9.36 Å². The maximum atomic E-state index is 13.3. The van der Waals surface area contributed by atoms with Crippen LogP contribution in [0.1, 0.15) is 43.2 Å². The van der Waals surface area contributed by atoms with Gasteiger partial charge in [-0.3, -0.25) is 0 Å². The van der Waals surface area contributed by atoms with Gasteiger partial charge < -0.3 is 4.74 Å². The predicted octanol–water partition coefficient (Wildman–Crippen LogP) is 6.61. The molecule has 0 atom stereocenters. The van der Waals surface area contributed by atoms with Crippen LogP contribution in [0.2, 0.25) is 0 Å². The summed E-state index contributed by atoms with van der Waals surface area (Å²) in [7, 11) is 0. The Morgan fingerprint density at radius 1 is 0.767 bits per heavy atom. The number of hydrogen-bond acceptors (Lipinski definition) is 2. The largest absolute Gasteiger partial charge is 0.443 e. The average Bonchev–Trinajstić information content (AvgIpc) is 3.02. The van der Waals surface area contributed by atoms with Gasteiger partial charge >= 0.3 is 6.09 Å². The highest BCUT2D eigenvalue weighted by atomic mass is 16.6. The molecule has 0 N–H and O–H groups in total. The molecule has 0 fully saturated rings. The van der Waals surface area contributed by atoms with E-state index in [0.717, 1.165) is 23.0 Å². The molecule has 4 rings (SSSR count). The lowest BCUT2D eigenvalue weighted by molar-refractivity contribution is 0.0540. The Morgan fingerprint density at radius 2 is 1.30 bits per heavy atom.